The van der Waals surface area contributed by atoms with E-state index in [0.717, 1.165) is 5.57 Å². The van der Waals surface area contributed by atoms with Crippen LogP contribution in [0.5, 0.6) is 0 Å². The molecule has 2 atom stereocenters. The van der Waals surface area contributed by atoms with Gasteiger partial charge in [0, 0.05) is 23.9 Å². The molecule has 5 rings (SSSR count). The van der Waals surface area contributed by atoms with E-state index in [1.54, 1.807) is 6.21 Å². The van der Waals surface area contributed by atoms with E-state index >= 15 is 0 Å². The van der Waals surface area contributed by atoms with Crippen LogP contribution in [-0.2, 0) is 6.54 Å². The fourth-order valence-electron chi connectivity index (χ4n) is 3.59. The van der Waals surface area contributed by atoms with Gasteiger partial charge in [0.15, 0.2) is 0 Å². The Morgan fingerprint density at radius 1 is 1.21 bits per heavy atom. The van der Waals surface area contributed by atoms with Crippen molar-refractivity contribution in [2.45, 2.75) is 12.6 Å². The predicted octanol–water partition coefficient (Wildman–Crippen LogP) is 2.65. The average molecular weight is 391 g/mol. The molecule has 2 aliphatic rings. The largest absolute Gasteiger partial charge is 0.302 e. The molecule has 3 heterocycles. The molecule has 0 amide bonds. The highest BCUT2D eigenvalue weighted by Gasteiger charge is 2.24. The van der Waals surface area contributed by atoms with Crippen molar-refractivity contribution in [3.63, 3.8) is 0 Å². The van der Waals surface area contributed by atoms with Gasteiger partial charge in [0.1, 0.15) is 11.6 Å². The number of aromatic nitrogens is 3. The molecule has 29 heavy (non-hydrogen) atoms. The van der Waals surface area contributed by atoms with Gasteiger partial charge in [-0.15, -0.1) is 0 Å². The lowest BCUT2D eigenvalue weighted by Crippen LogP contribution is -2.25. The maximum Gasteiger partial charge on any atom is 0.261 e. The average Bonchev–Trinajstić information content (AvgIpc) is 3.20. The number of rotatable bonds is 3. The standard InChI is InChI=1S/C21H15F2N5O/c22-17-6-13(12-1-2-19-14(5-12)8-26-27-19)7-18(23)16(17)10-28-11-25-20-9-24-4-3-15(20)21(28)29/h1-9,11,14,19,27H,10H2. The number of pyridine rings is 1. The molecule has 8 heteroatoms. The summed E-state index contributed by atoms with van der Waals surface area (Å²) in [5.41, 5.74) is 3.99. The Kier molecular flexibility index (Phi) is 4.04. The molecule has 0 fully saturated rings. The number of halogens is 2. The van der Waals surface area contributed by atoms with Crippen LogP contribution in [-0.4, -0.2) is 26.8 Å². The smallest absolute Gasteiger partial charge is 0.261 e. The van der Waals surface area contributed by atoms with Gasteiger partial charge in [-0.25, -0.2) is 13.8 Å². The maximum absolute atomic E-state index is 14.8. The number of hydrogen-bond donors (Lipinski definition) is 1. The minimum absolute atomic E-state index is 0.0533. The van der Waals surface area contributed by atoms with E-state index in [4.69, 9.17) is 0 Å². The molecule has 2 unspecified atom stereocenters. The van der Waals surface area contributed by atoms with Crippen LogP contribution < -0.4 is 11.0 Å². The first-order chi connectivity index (χ1) is 14.1. The SMILES string of the molecule is O=c1c2ccncc2ncn1Cc1c(F)cc(C2=CC3C=NNC3C=C2)cc1F. The summed E-state index contributed by atoms with van der Waals surface area (Å²) in [7, 11) is 0. The number of hydrazone groups is 1. The fraction of sp³-hybridized carbons (Fsp3) is 0.143. The summed E-state index contributed by atoms with van der Waals surface area (Å²) in [6.07, 6.45) is 11.7. The van der Waals surface area contributed by atoms with Gasteiger partial charge < -0.3 is 5.43 Å². The molecular formula is C21H15F2N5O. The number of fused-ring (bicyclic) bond motifs is 2. The first-order valence-electron chi connectivity index (χ1n) is 9.06. The van der Waals surface area contributed by atoms with Gasteiger partial charge in [-0.2, -0.15) is 5.10 Å². The summed E-state index contributed by atoms with van der Waals surface area (Å²) in [6, 6.07) is 4.19. The number of allylic oxidation sites excluding steroid dienone is 2. The Balaban J connectivity index is 1.50. The van der Waals surface area contributed by atoms with Crippen LogP contribution in [0, 0.1) is 17.6 Å². The minimum Gasteiger partial charge on any atom is -0.302 e. The summed E-state index contributed by atoms with van der Waals surface area (Å²) in [6.45, 7) is -0.252. The molecule has 1 N–H and O–H groups in total. The molecule has 144 valence electrons. The van der Waals surface area contributed by atoms with Gasteiger partial charge >= 0.3 is 0 Å². The first-order valence-corrected chi connectivity index (χ1v) is 9.06. The van der Waals surface area contributed by atoms with Gasteiger partial charge in [0.25, 0.3) is 5.56 Å². The van der Waals surface area contributed by atoms with Crippen molar-refractivity contribution in [3.05, 3.63) is 88.3 Å². The van der Waals surface area contributed by atoms with E-state index < -0.39 is 11.6 Å². The Labute approximate surface area is 163 Å². The molecule has 2 aromatic heterocycles. The lowest BCUT2D eigenvalue weighted by atomic mass is 9.90. The summed E-state index contributed by atoms with van der Waals surface area (Å²) in [5.74, 6) is -1.37. The topological polar surface area (TPSA) is 72.2 Å². The van der Waals surface area contributed by atoms with Gasteiger partial charge in [0.2, 0.25) is 0 Å². The molecule has 0 saturated heterocycles. The number of benzene rings is 1. The summed E-state index contributed by atoms with van der Waals surface area (Å²) >= 11 is 0. The number of hydrogen-bond acceptors (Lipinski definition) is 5. The van der Waals surface area contributed by atoms with Crippen LogP contribution >= 0.6 is 0 Å². The van der Waals surface area contributed by atoms with Gasteiger partial charge in [-0.05, 0) is 29.3 Å². The molecule has 3 aromatic rings. The lowest BCUT2D eigenvalue weighted by Gasteiger charge is -2.18. The van der Waals surface area contributed by atoms with Crippen LogP contribution in [0.15, 0.2) is 65.0 Å². The highest BCUT2D eigenvalue weighted by Crippen LogP contribution is 2.28. The molecule has 0 saturated carbocycles. The number of nitrogens with zero attached hydrogens (tertiary/aromatic N) is 4. The third-order valence-electron chi connectivity index (χ3n) is 5.17. The van der Waals surface area contributed by atoms with Crippen LogP contribution in [0.2, 0.25) is 0 Å². The van der Waals surface area contributed by atoms with E-state index in [0.29, 0.717) is 16.5 Å². The Hall–Kier alpha value is -3.68. The molecule has 1 aliphatic carbocycles. The van der Waals surface area contributed by atoms with Crippen LogP contribution in [0.1, 0.15) is 11.1 Å². The van der Waals surface area contributed by atoms with Crippen molar-refractivity contribution in [2.75, 3.05) is 0 Å². The van der Waals surface area contributed by atoms with Crippen molar-refractivity contribution >= 4 is 22.7 Å². The van der Waals surface area contributed by atoms with Crippen LogP contribution in [0.4, 0.5) is 8.78 Å². The van der Waals surface area contributed by atoms with Gasteiger partial charge in [-0.3, -0.25) is 14.3 Å². The van der Waals surface area contributed by atoms with Gasteiger partial charge in [-0.1, -0.05) is 18.2 Å². The zero-order valence-electron chi connectivity index (χ0n) is 15.1. The fourth-order valence-corrected chi connectivity index (χ4v) is 3.59. The minimum atomic E-state index is -0.712. The number of nitrogens with one attached hydrogen (secondary N) is 1. The van der Waals surface area contributed by atoms with Crippen molar-refractivity contribution in [1.29, 1.82) is 0 Å². The highest BCUT2D eigenvalue weighted by molar-refractivity contribution is 5.81. The normalized spacial score (nSPS) is 19.9. The van der Waals surface area contributed by atoms with Crippen molar-refractivity contribution in [2.24, 2.45) is 11.0 Å². The second kappa shape index (κ2) is 6.73. The summed E-state index contributed by atoms with van der Waals surface area (Å²) in [4.78, 5) is 20.6. The van der Waals surface area contributed by atoms with E-state index in [9.17, 15) is 13.6 Å². The Morgan fingerprint density at radius 3 is 2.86 bits per heavy atom. The van der Waals surface area contributed by atoms with E-state index in [2.05, 4.69) is 20.5 Å². The monoisotopic (exact) mass is 391 g/mol. The van der Waals surface area contributed by atoms with E-state index in [-0.39, 0.29) is 29.6 Å². The highest BCUT2D eigenvalue weighted by atomic mass is 19.1. The van der Waals surface area contributed by atoms with Crippen molar-refractivity contribution in [1.82, 2.24) is 20.0 Å². The second-order valence-corrected chi connectivity index (χ2v) is 6.98. The first kappa shape index (κ1) is 17.4. The quantitative estimate of drug-likeness (QED) is 0.745. The molecule has 0 bridgehead atoms. The van der Waals surface area contributed by atoms with E-state index in [1.165, 1.54) is 41.5 Å². The maximum atomic E-state index is 14.8. The predicted molar refractivity (Wildman–Crippen MR) is 105 cm³/mol. The third kappa shape index (κ3) is 3.02. The lowest BCUT2D eigenvalue weighted by molar-refractivity contribution is 0.540. The Morgan fingerprint density at radius 2 is 2.03 bits per heavy atom. The van der Waals surface area contributed by atoms with E-state index in [1.807, 2.05) is 18.2 Å². The second-order valence-electron chi connectivity index (χ2n) is 6.98. The zero-order valence-corrected chi connectivity index (χ0v) is 15.1. The molecule has 1 aliphatic heterocycles. The molecule has 0 radical (unpaired) electrons. The molecule has 1 aromatic carbocycles. The zero-order chi connectivity index (χ0) is 20.0. The van der Waals surface area contributed by atoms with Crippen LogP contribution in [0.3, 0.4) is 0 Å². The molecule has 0 spiro atoms. The summed E-state index contributed by atoms with van der Waals surface area (Å²) in [5, 5.41) is 4.37. The Bertz CT molecular complexity index is 1250. The molecular weight excluding hydrogens is 376 g/mol. The summed E-state index contributed by atoms with van der Waals surface area (Å²) < 4.78 is 30.8. The van der Waals surface area contributed by atoms with Crippen molar-refractivity contribution < 1.29 is 8.78 Å². The van der Waals surface area contributed by atoms with Gasteiger partial charge in [0.05, 0.1) is 36.0 Å². The third-order valence-corrected chi connectivity index (χ3v) is 5.17. The molecule has 6 nitrogen and oxygen atoms in total. The van der Waals surface area contributed by atoms with Crippen molar-refractivity contribution in [3.8, 4) is 0 Å². The van der Waals surface area contributed by atoms with Crippen LogP contribution in [0.25, 0.3) is 16.5 Å².